The van der Waals surface area contributed by atoms with E-state index in [1.165, 1.54) is 4.90 Å². The topological polar surface area (TPSA) is 161 Å². The molecular formula is C41H52N4O8S. The molecule has 0 spiro atoms. The lowest BCUT2D eigenvalue weighted by molar-refractivity contribution is -0.157. The Hall–Kier alpha value is -4.00. The zero-order valence-electron chi connectivity index (χ0n) is 30.9. The van der Waals surface area contributed by atoms with Crippen LogP contribution < -0.4 is 14.8 Å². The number of ether oxygens (including phenoxy) is 2. The molecule has 290 valence electrons. The van der Waals surface area contributed by atoms with Gasteiger partial charge in [0.25, 0.3) is 5.91 Å². The molecule has 4 saturated carbocycles. The van der Waals surface area contributed by atoms with E-state index in [9.17, 15) is 27.6 Å². The van der Waals surface area contributed by atoms with Crippen molar-refractivity contribution < 1.29 is 37.1 Å². The Bertz CT molecular complexity index is 1930. The minimum absolute atomic E-state index is 0.0380. The minimum atomic E-state index is -3.87. The van der Waals surface area contributed by atoms with Gasteiger partial charge in [-0.1, -0.05) is 37.5 Å². The molecule has 2 aliphatic heterocycles. The van der Waals surface area contributed by atoms with Crippen molar-refractivity contribution in [1.29, 1.82) is 0 Å². The molecule has 7 atom stereocenters. The molecule has 6 aliphatic rings. The quantitative estimate of drug-likeness (QED) is 0.296. The van der Waals surface area contributed by atoms with E-state index in [2.05, 4.69) is 39.8 Å². The summed E-state index contributed by atoms with van der Waals surface area (Å²) >= 11 is 0. The Morgan fingerprint density at radius 1 is 0.944 bits per heavy atom. The summed E-state index contributed by atoms with van der Waals surface area (Å²) in [6, 6.07) is 7.19. The van der Waals surface area contributed by atoms with Gasteiger partial charge in [0, 0.05) is 23.9 Å². The summed E-state index contributed by atoms with van der Waals surface area (Å²) in [6.45, 7) is 3.90. The highest BCUT2D eigenvalue weighted by molar-refractivity contribution is 7.91. The summed E-state index contributed by atoms with van der Waals surface area (Å²) < 4.78 is 40.5. The van der Waals surface area contributed by atoms with Gasteiger partial charge in [0.2, 0.25) is 27.7 Å². The van der Waals surface area contributed by atoms with Crippen LogP contribution in [-0.4, -0.2) is 77.6 Å². The number of benzene rings is 1. The van der Waals surface area contributed by atoms with Crippen LogP contribution in [0.3, 0.4) is 0 Å². The molecule has 0 radical (unpaired) electrons. The second-order valence-electron chi connectivity index (χ2n) is 16.7. The second kappa shape index (κ2) is 14.9. The number of pyridine rings is 1. The Balaban J connectivity index is 1.12. The number of nitrogens with zero attached hydrogens (tertiary/aromatic N) is 2. The summed E-state index contributed by atoms with van der Waals surface area (Å²) in [5, 5.41) is 4.09. The zero-order chi connectivity index (χ0) is 37.6. The molecule has 5 fully saturated rings. The molecule has 1 aromatic heterocycles. The number of fused-ring (bicyclic) bond motifs is 4. The third kappa shape index (κ3) is 7.49. The van der Waals surface area contributed by atoms with Crippen LogP contribution in [0.4, 0.5) is 0 Å². The van der Waals surface area contributed by atoms with E-state index in [0.29, 0.717) is 18.7 Å². The first-order chi connectivity index (χ1) is 26.0. The molecule has 54 heavy (non-hydrogen) atoms. The third-order valence-corrected chi connectivity index (χ3v) is 14.8. The van der Waals surface area contributed by atoms with Crippen molar-refractivity contribution in [2.75, 3.05) is 6.54 Å². The Kier molecular flexibility index (Phi) is 10.2. The van der Waals surface area contributed by atoms with Gasteiger partial charge in [-0.3, -0.25) is 23.9 Å². The number of carbonyl (C=O) groups excluding carboxylic acids is 4. The molecule has 2 aromatic rings. The van der Waals surface area contributed by atoms with Crippen molar-refractivity contribution in [1.82, 2.24) is 19.9 Å². The van der Waals surface area contributed by atoms with Crippen molar-refractivity contribution in [3.63, 3.8) is 0 Å². The Morgan fingerprint density at radius 3 is 2.48 bits per heavy atom. The van der Waals surface area contributed by atoms with Crippen LogP contribution in [0.25, 0.3) is 10.8 Å². The number of esters is 1. The molecule has 0 unspecified atom stereocenters. The molecule has 13 heteroatoms. The first kappa shape index (κ1) is 36.9. The first-order valence-corrected chi connectivity index (χ1v) is 21.6. The highest BCUT2D eigenvalue weighted by atomic mass is 32.2. The number of sulfonamides is 1. The van der Waals surface area contributed by atoms with Gasteiger partial charge < -0.3 is 19.7 Å². The van der Waals surface area contributed by atoms with Crippen molar-refractivity contribution in [3.05, 3.63) is 48.7 Å². The maximum absolute atomic E-state index is 14.9. The molecule has 1 saturated heterocycles. The molecule has 8 rings (SSSR count). The normalized spacial score (nSPS) is 32.2. The number of carbonyl (C=O) groups is 4. The lowest BCUT2D eigenvalue weighted by Gasteiger charge is -2.34. The van der Waals surface area contributed by atoms with Crippen molar-refractivity contribution in [2.45, 2.75) is 132 Å². The predicted molar refractivity (Wildman–Crippen MR) is 200 cm³/mol. The predicted octanol–water partition coefficient (Wildman–Crippen LogP) is 4.89. The van der Waals surface area contributed by atoms with Gasteiger partial charge in [-0.05, 0) is 106 Å². The average Bonchev–Trinajstić information content (AvgIpc) is 4.06. The van der Waals surface area contributed by atoms with Gasteiger partial charge in [0.1, 0.15) is 23.8 Å². The summed E-state index contributed by atoms with van der Waals surface area (Å²) in [4.78, 5) is 62.8. The van der Waals surface area contributed by atoms with Crippen LogP contribution >= 0.6 is 0 Å². The number of hydrogen-bond donors (Lipinski definition) is 2. The van der Waals surface area contributed by atoms with E-state index in [4.69, 9.17) is 9.47 Å². The monoisotopic (exact) mass is 760 g/mol. The Morgan fingerprint density at radius 2 is 1.72 bits per heavy atom. The molecule has 1 aromatic carbocycles. The SMILES string of the molecule is C=C[C@H]1C[C@]1(NC(=O)[C@@H]1C[C@@H]2CN1C(=O)[C@H](C1CCCCC1)CC(=O)O[C@@H]1CCC[C@H]1CCCc1ccc3ccnc(c3c1)O2)C(=O)NS(=O)(=O)C1CC1. The lowest BCUT2D eigenvalue weighted by atomic mass is 9.77. The summed E-state index contributed by atoms with van der Waals surface area (Å²) in [5.41, 5.74) is -0.351. The fourth-order valence-electron chi connectivity index (χ4n) is 9.65. The largest absolute Gasteiger partial charge is 0.472 e. The fourth-order valence-corrected chi connectivity index (χ4v) is 11.0. The number of nitrogens with one attached hydrogen (secondary N) is 2. The van der Waals surface area contributed by atoms with Gasteiger partial charge in [-0.25, -0.2) is 13.4 Å². The first-order valence-electron chi connectivity index (χ1n) is 20.1. The number of aryl methyl sites for hydroxylation is 1. The Labute approximate surface area is 317 Å². The molecule has 12 nitrogen and oxygen atoms in total. The fraction of sp³-hybridized carbons (Fsp3) is 0.634. The van der Waals surface area contributed by atoms with Crippen LogP contribution in [-0.2, 0) is 40.4 Å². The van der Waals surface area contributed by atoms with Crippen LogP contribution in [0.5, 0.6) is 5.88 Å². The zero-order valence-corrected chi connectivity index (χ0v) is 31.7. The molecule has 3 amide bonds. The second-order valence-corrected chi connectivity index (χ2v) is 18.6. The third-order valence-electron chi connectivity index (χ3n) is 13.0. The number of aromatic nitrogens is 1. The van der Waals surface area contributed by atoms with Crippen molar-refractivity contribution >= 4 is 44.5 Å². The van der Waals surface area contributed by atoms with E-state index in [-0.39, 0.29) is 55.6 Å². The number of amides is 3. The summed E-state index contributed by atoms with van der Waals surface area (Å²) in [6.07, 6.45) is 13.9. The molecular weight excluding hydrogens is 709 g/mol. The smallest absolute Gasteiger partial charge is 0.306 e. The summed E-state index contributed by atoms with van der Waals surface area (Å²) in [7, 11) is -3.87. The molecule has 2 N–H and O–H groups in total. The standard InChI is InChI=1S/C41H52N4O8S/c1-2-29-23-41(29,40(49)44-54(50,51)31-16-17-31)43-37(47)34-21-30-24-45(34)39(48)33(26-9-4-3-5-10-26)22-36(46)53-35-13-7-12-28(35)11-6-8-25-14-15-27-18-19-42-38(52-30)32(27)20-25/h2,14-15,18-20,26,28-31,33-35H,1,3-13,16-17,21-24H2,(H,43,47)(H,44,49)/t28-,29+,30-,33+,34+,35-,41-/m1/s1. The van der Waals surface area contributed by atoms with E-state index in [0.717, 1.165) is 87.0 Å². The van der Waals surface area contributed by atoms with E-state index in [1.807, 2.05) is 6.07 Å². The maximum Gasteiger partial charge on any atom is 0.306 e. The van der Waals surface area contributed by atoms with Crippen LogP contribution in [0, 0.1) is 23.7 Å². The lowest BCUT2D eigenvalue weighted by Crippen LogP contribution is -2.57. The summed E-state index contributed by atoms with van der Waals surface area (Å²) in [5.74, 6) is -2.53. The van der Waals surface area contributed by atoms with Gasteiger partial charge in [-0.15, -0.1) is 6.58 Å². The van der Waals surface area contributed by atoms with E-state index in [1.54, 1.807) is 12.3 Å². The van der Waals surface area contributed by atoms with E-state index >= 15 is 0 Å². The van der Waals surface area contributed by atoms with E-state index < -0.39 is 56.6 Å². The van der Waals surface area contributed by atoms with Gasteiger partial charge in [0.05, 0.1) is 24.1 Å². The molecule has 4 aliphatic carbocycles. The molecule has 4 bridgehead atoms. The van der Waals surface area contributed by atoms with Crippen molar-refractivity contribution in [2.24, 2.45) is 23.7 Å². The average molecular weight is 761 g/mol. The highest BCUT2D eigenvalue weighted by Crippen LogP contribution is 2.46. The van der Waals surface area contributed by atoms with Crippen LogP contribution in [0.2, 0.25) is 0 Å². The van der Waals surface area contributed by atoms with Gasteiger partial charge >= 0.3 is 5.97 Å². The van der Waals surface area contributed by atoms with Gasteiger partial charge in [0.15, 0.2) is 0 Å². The minimum Gasteiger partial charge on any atom is -0.472 e. The van der Waals surface area contributed by atoms with Crippen LogP contribution in [0.1, 0.15) is 102 Å². The van der Waals surface area contributed by atoms with Crippen LogP contribution in [0.15, 0.2) is 43.1 Å². The number of rotatable bonds is 7. The van der Waals surface area contributed by atoms with Gasteiger partial charge in [-0.2, -0.15) is 0 Å². The number of hydrogen-bond acceptors (Lipinski definition) is 9. The molecule has 3 heterocycles. The maximum atomic E-state index is 14.9. The van der Waals surface area contributed by atoms with Crippen molar-refractivity contribution in [3.8, 4) is 5.88 Å². The highest BCUT2D eigenvalue weighted by Gasteiger charge is 2.62.